The maximum Gasteiger partial charge on any atom is 0.351 e. The monoisotopic (exact) mass is 245 g/mol. The maximum atomic E-state index is 11.1. The number of nitrogens with one attached hydrogen (secondary N) is 2. The maximum absolute atomic E-state index is 11.1. The first-order chi connectivity index (χ1) is 5.82. The van der Waals surface area contributed by atoms with Crippen molar-refractivity contribution in [3.8, 4) is 0 Å². The summed E-state index contributed by atoms with van der Waals surface area (Å²) in [7, 11) is 0. The first-order valence-electron chi connectivity index (χ1n) is 2.85. The van der Waals surface area contributed by atoms with Gasteiger partial charge < -0.3 is 0 Å². The van der Waals surface area contributed by atoms with Crippen LogP contribution in [0.4, 0.5) is 0 Å². The van der Waals surface area contributed by atoms with Crippen LogP contribution in [0.1, 0.15) is 4.79 Å². The van der Waals surface area contributed by atoms with E-state index in [1.165, 1.54) is 0 Å². The van der Waals surface area contributed by atoms with E-state index in [1.807, 2.05) is 5.10 Å². The zero-order chi connectivity index (χ0) is 10.2. The van der Waals surface area contributed by atoms with E-state index in [1.54, 1.807) is 4.98 Å². The van der Waals surface area contributed by atoms with Crippen molar-refractivity contribution in [2.45, 2.75) is 3.79 Å². The number of H-pyrrole nitrogens is 2. The third-order valence-electron chi connectivity index (χ3n) is 1.08. The number of halogens is 3. The molecule has 9 heteroatoms. The van der Waals surface area contributed by atoms with Crippen molar-refractivity contribution >= 4 is 40.7 Å². The number of alkyl halides is 3. The number of rotatable bonds is 0. The van der Waals surface area contributed by atoms with Gasteiger partial charge in [-0.15, -0.1) is 0 Å². The molecule has 0 unspecified atom stereocenters. The smallest absolute Gasteiger partial charge is 0.267 e. The Balaban J connectivity index is 3.25. The number of carbonyl (C=O) groups is 1. The minimum Gasteiger partial charge on any atom is -0.267 e. The Labute approximate surface area is 85.4 Å². The van der Waals surface area contributed by atoms with E-state index >= 15 is 0 Å². The summed E-state index contributed by atoms with van der Waals surface area (Å²) in [5.74, 6) is -1.15. The Morgan fingerprint density at radius 1 is 1.31 bits per heavy atom. The highest BCUT2D eigenvalue weighted by atomic mass is 35.6. The van der Waals surface area contributed by atoms with Gasteiger partial charge in [0.05, 0.1) is 0 Å². The van der Waals surface area contributed by atoms with Crippen molar-refractivity contribution in [3.63, 3.8) is 0 Å². The Morgan fingerprint density at radius 2 is 1.85 bits per heavy atom. The van der Waals surface area contributed by atoms with Crippen LogP contribution >= 0.6 is 34.8 Å². The lowest BCUT2D eigenvalue weighted by atomic mass is 10.7. The van der Waals surface area contributed by atoms with Crippen molar-refractivity contribution < 1.29 is 4.79 Å². The fourth-order valence-corrected chi connectivity index (χ4v) is 0.857. The van der Waals surface area contributed by atoms with Crippen LogP contribution in [0, 0.1) is 0 Å². The molecule has 1 aromatic heterocycles. The second-order valence-corrected chi connectivity index (χ2v) is 4.29. The summed E-state index contributed by atoms with van der Waals surface area (Å²) in [6.07, 6.45) is 0. The molecule has 0 bridgehead atoms. The van der Waals surface area contributed by atoms with E-state index in [0.29, 0.717) is 0 Å². The Morgan fingerprint density at radius 3 is 2.15 bits per heavy atom. The lowest BCUT2D eigenvalue weighted by Crippen LogP contribution is -2.34. The topological polar surface area (TPSA) is 87.7 Å². The molecule has 2 N–H and O–H groups in total. The molecule has 1 aromatic rings. The van der Waals surface area contributed by atoms with E-state index < -0.39 is 21.1 Å². The second kappa shape index (κ2) is 3.21. The summed E-state index contributed by atoms with van der Waals surface area (Å²) in [4.78, 5) is 34.2. The van der Waals surface area contributed by atoms with E-state index in [-0.39, 0.29) is 4.68 Å². The predicted octanol–water partition coefficient (Wildman–Crippen LogP) is -0.125. The molecular formula is C4H2Cl3N3O3. The fraction of sp³-hybridized carbons (Fsp3) is 0.250. The van der Waals surface area contributed by atoms with Gasteiger partial charge in [0.1, 0.15) is 0 Å². The molecule has 0 saturated heterocycles. The van der Waals surface area contributed by atoms with Crippen molar-refractivity contribution in [3.05, 3.63) is 21.0 Å². The first kappa shape index (κ1) is 10.4. The molecule has 0 aliphatic heterocycles. The van der Waals surface area contributed by atoms with Gasteiger partial charge in [-0.3, -0.25) is 9.78 Å². The highest BCUT2D eigenvalue weighted by molar-refractivity contribution is 6.76. The Hall–Kier alpha value is -0.720. The van der Waals surface area contributed by atoms with Gasteiger partial charge in [-0.2, -0.15) is 4.68 Å². The van der Waals surface area contributed by atoms with Gasteiger partial charge in [0.2, 0.25) is 0 Å². The van der Waals surface area contributed by atoms with Crippen molar-refractivity contribution in [1.29, 1.82) is 0 Å². The highest BCUT2D eigenvalue weighted by Crippen LogP contribution is 2.26. The van der Waals surface area contributed by atoms with Crippen LogP contribution in [0.15, 0.2) is 9.59 Å². The molecule has 72 valence electrons. The highest BCUT2D eigenvalue weighted by Gasteiger charge is 2.33. The largest absolute Gasteiger partial charge is 0.351 e. The normalized spacial score (nSPS) is 11.6. The molecule has 0 saturated carbocycles. The Bertz CT molecular complexity index is 436. The lowest BCUT2D eigenvalue weighted by molar-refractivity contribution is 0.0897. The summed E-state index contributed by atoms with van der Waals surface area (Å²) in [6, 6.07) is 0. The number of hydrogen-bond acceptors (Lipinski definition) is 3. The van der Waals surface area contributed by atoms with Gasteiger partial charge in [0.15, 0.2) is 0 Å². The van der Waals surface area contributed by atoms with Gasteiger partial charge in [-0.05, 0) is 0 Å². The van der Waals surface area contributed by atoms with Crippen molar-refractivity contribution in [1.82, 2.24) is 14.8 Å². The number of aromatic nitrogens is 3. The van der Waals surface area contributed by atoms with Crippen molar-refractivity contribution in [2.75, 3.05) is 0 Å². The SMILES string of the molecule is O=C(n1[nH]c(=O)[nH]c1=O)C(Cl)(Cl)Cl. The molecule has 0 amide bonds. The van der Waals surface area contributed by atoms with Crippen LogP contribution in [-0.2, 0) is 0 Å². The molecule has 0 aliphatic carbocycles. The molecule has 0 spiro atoms. The lowest BCUT2D eigenvalue weighted by Gasteiger charge is -2.06. The standard InChI is InChI=1S/C4H2Cl3N3O3/c5-4(6,7)1(11)10-3(13)8-2(12)9-10/h(H2,8,9,12,13). The zero-order valence-electron chi connectivity index (χ0n) is 5.81. The molecule has 1 rings (SSSR count). The summed E-state index contributed by atoms with van der Waals surface area (Å²) in [5.41, 5.74) is -1.84. The molecule has 6 nitrogen and oxygen atoms in total. The van der Waals surface area contributed by atoms with Gasteiger partial charge >= 0.3 is 17.3 Å². The van der Waals surface area contributed by atoms with E-state index in [9.17, 15) is 14.4 Å². The van der Waals surface area contributed by atoms with Crippen molar-refractivity contribution in [2.24, 2.45) is 0 Å². The number of aromatic amines is 2. The van der Waals surface area contributed by atoms with Crippen LogP contribution in [0.3, 0.4) is 0 Å². The van der Waals surface area contributed by atoms with Gasteiger partial charge in [-0.25, -0.2) is 14.7 Å². The predicted molar refractivity (Wildman–Crippen MR) is 46.6 cm³/mol. The third-order valence-corrected chi connectivity index (χ3v) is 1.57. The minimum absolute atomic E-state index is 0.287. The summed E-state index contributed by atoms with van der Waals surface area (Å²) in [6.45, 7) is 0. The van der Waals surface area contributed by atoms with Gasteiger partial charge in [-0.1, -0.05) is 34.8 Å². The number of carbonyl (C=O) groups excluding carboxylic acids is 1. The molecule has 0 radical (unpaired) electrons. The van der Waals surface area contributed by atoms with Crippen LogP contribution in [-0.4, -0.2) is 24.5 Å². The average Bonchev–Trinajstić information content (AvgIpc) is 2.26. The van der Waals surface area contributed by atoms with Crippen LogP contribution in [0.2, 0.25) is 0 Å². The molecule has 0 aliphatic rings. The molecule has 1 heterocycles. The summed E-state index contributed by atoms with van der Waals surface area (Å²) >= 11 is 15.6. The molecule has 0 atom stereocenters. The molecule has 0 aromatic carbocycles. The quantitative estimate of drug-likeness (QED) is 0.625. The second-order valence-electron chi connectivity index (χ2n) is 2.01. The van der Waals surface area contributed by atoms with Crippen LogP contribution in [0.5, 0.6) is 0 Å². The van der Waals surface area contributed by atoms with E-state index in [0.717, 1.165) is 0 Å². The Kier molecular flexibility index (Phi) is 2.56. The fourth-order valence-electron chi connectivity index (χ4n) is 0.603. The number of hydrogen-bond donors (Lipinski definition) is 2. The molecule has 13 heavy (non-hydrogen) atoms. The minimum atomic E-state index is -2.28. The zero-order valence-corrected chi connectivity index (χ0v) is 8.07. The van der Waals surface area contributed by atoms with Crippen LogP contribution < -0.4 is 11.4 Å². The number of nitrogens with zero attached hydrogens (tertiary/aromatic N) is 1. The van der Waals surface area contributed by atoms with E-state index in [2.05, 4.69) is 0 Å². The molecular weight excluding hydrogens is 244 g/mol. The molecule has 0 fully saturated rings. The third kappa shape index (κ3) is 2.15. The van der Waals surface area contributed by atoms with Gasteiger partial charge in [0, 0.05) is 0 Å². The van der Waals surface area contributed by atoms with Crippen LogP contribution in [0.25, 0.3) is 0 Å². The van der Waals surface area contributed by atoms with Gasteiger partial charge in [0.25, 0.3) is 3.79 Å². The summed E-state index contributed by atoms with van der Waals surface area (Å²) in [5, 5.41) is 1.84. The first-order valence-corrected chi connectivity index (χ1v) is 3.98. The summed E-state index contributed by atoms with van der Waals surface area (Å²) < 4.78 is -2.00. The van der Waals surface area contributed by atoms with E-state index in [4.69, 9.17) is 34.8 Å². The average molecular weight is 246 g/mol.